The number of rotatable bonds is 6. The molecule has 8 nitrogen and oxygen atoms in total. The molecule has 0 saturated heterocycles. The van der Waals surface area contributed by atoms with Crippen molar-refractivity contribution in [1.82, 2.24) is 9.55 Å². The Morgan fingerprint density at radius 1 is 1.00 bits per heavy atom. The predicted molar refractivity (Wildman–Crippen MR) is 150 cm³/mol. The van der Waals surface area contributed by atoms with Gasteiger partial charge in [-0.15, -0.1) is 0 Å². The number of esters is 1. The van der Waals surface area contributed by atoms with Crippen molar-refractivity contribution >= 4 is 28.5 Å². The second-order valence-corrected chi connectivity index (χ2v) is 11.6. The first-order valence-corrected chi connectivity index (χ1v) is 13.6. The first-order valence-electron chi connectivity index (χ1n) is 13.6. The van der Waals surface area contributed by atoms with Crippen molar-refractivity contribution in [3.63, 3.8) is 0 Å². The summed E-state index contributed by atoms with van der Waals surface area (Å²) in [4.78, 5) is 42.1. The first-order chi connectivity index (χ1) is 21.0. The Morgan fingerprint density at radius 3 is 2.22 bits per heavy atom. The van der Waals surface area contributed by atoms with Gasteiger partial charge in [0.2, 0.25) is 5.82 Å². The molecule has 0 saturated carbocycles. The average molecular weight is 634 g/mol. The lowest BCUT2D eigenvalue weighted by atomic mass is 9.98. The maximum Gasteiger partial charge on any atom is 0.337 e. The molecule has 0 bridgehead atoms. The van der Waals surface area contributed by atoms with Crippen molar-refractivity contribution in [3.05, 3.63) is 92.0 Å². The Labute approximate surface area is 251 Å². The quantitative estimate of drug-likeness (QED) is 0.107. The predicted octanol–water partition coefficient (Wildman–Crippen LogP) is 6.55. The zero-order valence-corrected chi connectivity index (χ0v) is 24.3. The van der Waals surface area contributed by atoms with Crippen molar-refractivity contribution in [3.8, 4) is 11.1 Å². The molecule has 5 rings (SSSR count). The molecule has 0 spiro atoms. The number of aryl methyl sites for hydroxylation is 2. The van der Waals surface area contributed by atoms with Crippen molar-refractivity contribution in [2.24, 2.45) is 5.41 Å². The maximum atomic E-state index is 15.9. The number of hydrogen-bond donors (Lipinski definition) is 2. The molecular formula is C31H25F6N3O5. The summed E-state index contributed by atoms with van der Waals surface area (Å²) in [7, 11) is 0. The summed E-state index contributed by atoms with van der Waals surface area (Å²) in [6.45, 7) is 6.11. The monoisotopic (exact) mass is 633 g/mol. The third-order valence-corrected chi connectivity index (χ3v) is 7.59. The zero-order valence-electron chi connectivity index (χ0n) is 24.3. The minimum absolute atomic E-state index is 0.119. The number of aromatic nitrogens is 2. The molecule has 1 heterocycles. The number of fused-ring (bicyclic) bond motifs is 2. The van der Waals surface area contributed by atoms with Gasteiger partial charge in [-0.05, 0) is 69.9 Å². The Morgan fingerprint density at radius 2 is 1.62 bits per heavy atom. The summed E-state index contributed by atoms with van der Waals surface area (Å²) in [5.41, 5.74) is -3.92. The standard InChI is InChI=1S/C31H25F6N3O5/c1-12-38-19-9-13-5-8-18(16(13)10-17(19)28(41)40(12)11-45-30(44)31(2,3)4)39-27-15(29(42)43)7-6-14(21(27)32)20-22(33)24(35)26(37)25(36)23(20)34/h6-7,9-10,18,39H,5,8,11H2,1-4H3,(H,42,43). The van der Waals surface area contributed by atoms with Crippen LogP contribution in [0.5, 0.6) is 0 Å². The topological polar surface area (TPSA) is 111 Å². The molecule has 4 aromatic rings. The fraction of sp³-hybridized carbons (Fsp3) is 0.290. The van der Waals surface area contributed by atoms with E-state index in [0.29, 0.717) is 29.1 Å². The number of hydrogen-bond acceptors (Lipinski definition) is 6. The van der Waals surface area contributed by atoms with Crippen molar-refractivity contribution < 1.29 is 45.8 Å². The van der Waals surface area contributed by atoms with Crippen LogP contribution in [-0.4, -0.2) is 26.6 Å². The molecule has 1 aliphatic rings. The SMILES string of the molecule is Cc1nc2cc3c(cc2c(=O)n1COC(=O)C(C)(C)C)C(Nc1c(C(=O)O)ccc(-c2c(F)c(F)c(F)c(F)c2F)c1F)CC3. The lowest BCUT2D eigenvalue weighted by molar-refractivity contribution is -0.157. The Balaban J connectivity index is 1.58. The number of nitrogens with one attached hydrogen (secondary N) is 1. The maximum absolute atomic E-state index is 15.9. The molecule has 14 heteroatoms. The van der Waals surface area contributed by atoms with E-state index < -0.39 is 93.0 Å². The number of aromatic carboxylic acids is 1. The second kappa shape index (κ2) is 11.2. The molecule has 1 unspecified atom stereocenters. The first kappa shape index (κ1) is 31.5. The molecule has 1 atom stereocenters. The van der Waals surface area contributed by atoms with Crippen LogP contribution in [0.2, 0.25) is 0 Å². The molecule has 0 radical (unpaired) electrons. The highest BCUT2D eigenvalue weighted by Gasteiger charge is 2.32. The van der Waals surface area contributed by atoms with Gasteiger partial charge in [0, 0.05) is 5.56 Å². The van der Waals surface area contributed by atoms with E-state index in [4.69, 9.17) is 4.74 Å². The minimum atomic E-state index is -2.43. The number of carbonyl (C=O) groups is 2. The summed E-state index contributed by atoms with van der Waals surface area (Å²) in [5.74, 6) is -15.1. The van der Waals surface area contributed by atoms with E-state index in [2.05, 4.69) is 10.3 Å². The van der Waals surface area contributed by atoms with Crippen LogP contribution in [0.15, 0.2) is 29.1 Å². The minimum Gasteiger partial charge on any atom is -0.478 e. The zero-order chi connectivity index (χ0) is 33.1. The van der Waals surface area contributed by atoms with Gasteiger partial charge in [-0.1, -0.05) is 6.07 Å². The van der Waals surface area contributed by atoms with Gasteiger partial charge in [0.05, 0.1) is 39.2 Å². The fourth-order valence-corrected chi connectivity index (χ4v) is 5.18. The number of carbonyl (C=O) groups excluding carboxylic acids is 1. The highest BCUT2D eigenvalue weighted by atomic mass is 19.2. The number of carboxylic acids is 1. The van der Waals surface area contributed by atoms with Gasteiger partial charge in [-0.25, -0.2) is 36.1 Å². The number of nitrogens with zero attached hydrogens (tertiary/aromatic N) is 2. The highest BCUT2D eigenvalue weighted by molar-refractivity contribution is 5.96. The van der Waals surface area contributed by atoms with Gasteiger partial charge >= 0.3 is 11.9 Å². The molecule has 1 aliphatic carbocycles. The molecule has 0 fully saturated rings. The summed E-state index contributed by atoms with van der Waals surface area (Å²) in [6, 6.07) is 3.68. The molecule has 0 amide bonds. The number of benzene rings is 3. The van der Waals surface area contributed by atoms with E-state index in [0.717, 1.165) is 10.6 Å². The van der Waals surface area contributed by atoms with Crippen LogP contribution in [-0.2, 0) is 22.7 Å². The van der Waals surface area contributed by atoms with Crippen LogP contribution in [0.1, 0.15) is 60.5 Å². The summed E-state index contributed by atoms with van der Waals surface area (Å²) < 4.78 is 92.9. The number of anilines is 1. The fourth-order valence-electron chi connectivity index (χ4n) is 5.18. The van der Waals surface area contributed by atoms with Crippen LogP contribution in [0.3, 0.4) is 0 Å². The lowest BCUT2D eigenvalue weighted by Gasteiger charge is -2.20. The highest BCUT2D eigenvalue weighted by Crippen LogP contribution is 2.41. The lowest BCUT2D eigenvalue weighted by Crippen LogP contribution is -2.30. The normalized spacial score (nSPS) is 14.5. The van der Waals surface area contributed by atoms with Crippen molar-refractivity contribution in [2.75, 3.05) is 5.32 Å². The van der Waals surface area contributed by atoms with Crippen molar-refractivity contribution in [1.29, 1.82) is 0 Å². The van der Waals surface area contributed by atoms with Gasteiger partial charge in [-0.2, -0.15) is 0 Å². The van der Waals surface area contributed by atoms with Gasteiger partial charge in [0.1, 0.15) is 5.82 Å². The smallest absolute Gasteiger partial charge is 0.337 e. The average Bonchev–Trinajstić information content (AvgIpc) is 3.36. The molecule has 1 aromatic heterocycles. The van der Waals surface area contributed by atoms with E-state index in [-0.39, 0.29) is 17.6 Å². The Bertz CT molecular complexity index is 1960. The van der Waals surface area contributed by atoms with Gasteiger partial charge < -0.3 is 15.2 Å². The van der Waals surface area contributed by atoms with Gasteiger partial charge in [0.25, 0.3) is 5.56 Å². The number of carboxylic acid groups (broad SMARTS) is 1. The molecule has 0 aliphatic heterocycles. The van der Waals surface area contributed by atoms with E-state index >= 15 is 4.39 Å². The van der Waals surface area contributed by atoms with E-state index in [1.165, 1.54) is 6.07 Å². The Kier molecular flexibility index (Phi) is 7.88. The molecule has 2 N–H and O–H groups in total. The van der Waals surface area contributed by atoms with Crippen LogP contribution in [0.4, 0.5) is 32.0 Å². The third kappa shape index (κ3) is 5.38. The molecule has 45 heavy (non-hydrogen) atoms. The summed E-state index contributed by atoms with van der Waals surface area (Å²) >= 11 is 0. The van der Waals surface area contributed by atoms with Crippen LogP contribution >= 0.6 is 0 Å². The van der Waals surface area contributed by atoms with Crippen LogP contribution in [0, 0.1) is 47.2 Å². The van der Waals surface area contributed by atoms with Crippen molar-refractivity contribution in [2.45, 2.75) is 53.3 Å². The number of halogens is 6. The molecular weight excluding hydrogens is 608 g/mol. The van der Waals surface area contributed by atoms with E-state index in [9.17, 15) is 41.4 Å². The number of ether oxygens (including phenoxy) is 1. The van der Waals surface area contributed by atoms with Crippen LogP contribution < -0.4 is 10.9 Å². The third-order valence-electron chi connectivity index (χ3n) is 7.59. The van der Waals surface area contributed by atoms with E-state index in [1.807, 2.05) is 0 Å². The molecule has 236 valence electrons. The van der Waals surface area contributed by atoms with Gasteiger partial charge in [-0.3, -0.25) is 14.2 Å². The summed E-state index contributed by atoms with van der Waals surface area (Å²) in [6.07, 6.45) is 0.643. The van der Waals surface area contributed by atoms with Gasteiger partial charge in [0.15, 0.2) is 35.8 Å². The van der Waals surface area contributed by atoms with Crippen LogP contribution in [0.25, 0.3) is 22.0 Å². The largest absolute Gasteiger partial charge is 0.478 e. The second-order valence-electron chi connectivity index (χ2n) is 11.6. The van der Waals surface area contributed by atoms with E-state index in [1.54, 1.807) is 33.8 Å². The molecule has 3 aromatic carbocycles. The Hall–Kier alpha value is -4.88. The summed E-state index contributed by atoms with van der Waals surface area (Å²) in [5, 5.41) is 12.5.